The van der Waals surface area contributed by atoms with Crippen molar-refractivity contribution in [3.05, 3.63) is 29.8 Å². The summed E-state index contributed by atoms with van der Waals surface area (Å²) in [5.41, 5.74) is 0.0778. The first-order valence-corrected chi connectivity index (χ1v) is 12.1. The van der Waals surface area contributed by atoms with Crippen molar-refractivity contribution in [3.8, 4) is 6.07 Å². The number of rotatable bonds is 12. The molecule has 0 bridgehead atoms. The molecule has 0 saturated heterocycles. The summed E-state index contributed by atoms with van der Waals surface area (Å²) in [6.45, 7) is 7.14. The van der Waals surface area contributed by atoms with E-state index in [0.717, 1.165) is 0 Å². The van der Waals surface area contributed by atoms with E-state index in [1.165, 1.54) is 40.5 Å². The maximum absolute atomic E-state index is 12.8. The molecule has 0 aliphatic carbocycles. The van der Waals surface area contributed by atoms with Crippen molar-refractivity contribution in [2.75, 3.05) is 33.3 Å². The van der Waals surface area contributed by atoms with E-state index in [4.69, 9.17) is 10.00 Å². The van der Waals surface area contributed by atoms with E-state index in [9.17, 15) is 22.8 Å². The molecule has 2 amide bonds. The molecule has 1 rings (SSSR count). The Balaban J connectivity index is 2.93. The number of sulfonamides is 1. The molecule has 1 aromatic carbocycles. The Kier molecular flexibility index (Phi) is 11.0. The number of hydrogen-bond donors (Lipinski definition) is 1. The Morgan fingerprint density at radius 2 is 1.82 bits per heavy atom. The highest BCUT2D eigenvalue weighted by Crippen LogP contribution is 2.17. The monoisotopic (exact) mass is 480 g/mol. The van der Waals surface area contributed by atoms with Gasteiger partial charge in [0.25, 0.3) is 11.8 Å². The maximum atomic E-state index is 12.8. The summed E-state index contributed by atoms with van der Waals surface area (Å²) in [6.07, 6.45) is 0.157. The summed E-state index contributed by atoms with van der Waals surface area (Å²) in [5, 5.41) is 11.2. The average Bonchev–Trinajstić information content (AvgIpc) is 2.79. The van der Waals surface area contributed by atoms with Crippen molar-refractivity contribution in [3.63, 3.8) is 0 Å². The van der Waals surface area contributed by atoms with Gasteiger partial charge in [-0.25, -0.2) is 13.2 Å². The van der Waals surface area contributed by atoms with Crippen molar-refractivity contribution >= 4 is 27.8 Å². The highest BCUT2D eigenvalue weighted by atomic mass is 32.2. The highest BCUT2D eigenvalue weighted by Gasteiger charge is 2.28. The largest absolute Gasteiger partial charge is 0.454 e. The summed E-state index contributed by atoms with van der Waals surface area (Å²) in [4.78, 5) is 38.6. The summed E-state index contributed by atoms with van der Waals surface area (Å²) < 4.78 is 31.8. The molecule has 11 heteroatoms. The molecule has 182 valence electrons. The second kappa shape index (κ2) is 12.9. The lowest BCUT2D eigenvalue weighted by Gasteiger charge is -2.22. The lowest BCUT2D eigenvalue weighted by atomic mass is 10.0. The van der Waals surface area contributed by atoms with Gasteiger partial charge in [-0.1, -0.05) is 33.8 Å². The predicted octanol–water partition coefficient (Wildman–Crippen LogP) is 1.39. The fraction of sp³-hybridized carbons (Fsp3) is 0.545. The highest BCUT2D eigenvalue weighted by molar-refractivity contribution is 7.89. The molecular weight excluding hydrogens is 448 g/mol. The second-order valence-electron chi connectivity index (χ2n) is 7.64. The van der Waals surface area contributed by atoms with Gasteiger partial charge in [0.15, 0.2) is 6.61 Å². The van der Waals surface area contributed by atoms with E-state index in [2.05, 4.69) is 5.32 Å². The minimum absolute atomic E-state index is 0.0199. The number of nitrogens with one attached hydrogen (secondary N) is 1. The summed E-state index contributed by atoms with van der Waals surface area (Å²) in [5.74, 6) is -2.25. The number of carbonyl (C=O) groups excluding carboxylic acids is 3. The van der Waals surface area contributed by atoms with E-state index in [0.29, 0.717) is 13.1 Å². The lowest BCUT2D eigenvalue weighted by Crippen LogP contribution is -2.46. The average molecular weight is 481 g/mol. The summed E-state index contributed by atoms with van der Waals surface area (Å²) >= 11 is 0. The standard InChI is InChI=1S/C22H32N4O6S/c1-6-26(7-2)33(30,31)18-11-8-10-17(14-18)21(28)24-20(16(3)4)22(29)32-15-19(27)25(5)13-9-12-23/h8,10-11,14,16,20H,6-7,9,13,15H2,1-5H3,(H,24,28)/t20-/m0/s1. The minimum atomic E-state index is -3.75. The molecule has 0 aliphatic heterocycles. The van der Waals surface area contributed by atoms with Crippen molar-refractivity contribution in [1.29, 1.82) is 5.26 Å². The molecule has 10 nitrogen and oxygen atoms in total. The van der Waals surface area contributed by atoms with Crippen LogP contribution in [0.2, 0.25) is 0 Å². The number of likely N-dealkylation sites (N-methyl/N-ethyl adjacent to an activating group) is 1. The number of nitriles is 1. The smallest absolute Gasteiger partial charge is 0.329 e. The van der Waals surface area contributed by atoms with Gasteiger partial charge in [0, 0.05) is 32.2 Å². The molecule has 0 heterocycles. The number of amides is 2. The first-order chi connectivity index (χ1) is 15.5. The first kappa shape index (κ1) is 28.1. The molecular formula is C22H32N4O6S. The van der Waals surface area contributed by atoms with Crippen LogP contribution in [-0.4, -0.2) is 74.7 Å². The van der Waals surface area contributed by atoms with E-state index < -0.39 is 40.5 Å². The van der Waals surface area contributed by atoms with Gasteiger partial charge in [0.2, 0.25) is 10.0 Å². The number of nitrogens with zero attached hydrogens (tertiary/aromatic N) is 3. The van der Waals surface area contributed by atoms with E-state index in [-0.39, 0.29) is 29.3 Å². The normalized spacial score (nSPS) is 12.2. The molecule has 0 saturated carbocycles. The van der Waals surface area contributed by atoms with Gasteiger partial charge in [-0.05, 0) is 24.1 Å². The van der Waals surface area contributed by atoms with Crippen molar-refractivity contribution in [1.82, 2.24) is 14.5 Å². The zero-order chi connectivity index (χ0) is 25.2. The van der Waals surface area contributed by atoms with Crippen LogP contribution >= 0.6 is 0 Å². The van der Waals surface area contributed by atoms with Crippen molar-refractivity contribution < 1.29 is 27.5 Å². The number of esters is 1. The van der Waals surface area contributed by atoms with Crippen LogP contribution < -0.4 is 5.32 Å². The zero-order valence-electron chi connectivity index (χ0n) is 19.7. The van der Waals surface area contributed by atoms with Crippen molar-refractivity contribution in [2.24, 2.45) is 5.92 Å². The van der Waals surface area contributed by atoms with Crippen LogP contribution in [-0.2, 0) is 24.3 Å². The Bertz CT molecular complexity index is 983. The van der Waals surface area contributed by atoms with Gasteiger partial charge in [-0.15, -0.1) is 0 Å². The molecule has 0 radical (unpaired) electrons. The maximum Gasteiger partial charge on any atom is 0.329 e. The third-order valence-corrected chi connectivity index (χ3v) is 7.02. The van der Waals surface area contributed by atoms with Gasteiger partial charge >= 0.3 is 5.97 Å². The number of carbonyl (C=O) groups is 3. The lowest BCUT2D eigenvalue weighted by molar-refractivity contribution is -0.154. The molecule has 1 aromatic rings. The Morgan fingerprint density at radius 1 is 1.18 bits per heavy atom. The Morgan fingerprint density at radius 3 is 2.36 bits per heavy atom. The molecule has 0 spiro atoms. The molecule has 33 heavy (non-hydrogen) atoms. The molecule has 0 fully saturated rings. The van der Waals surface area contributed by atoms with Gasteiger partial charge in [0.1, 0.15) is 6.04 Å². The van der Waals surface area contributed by atoms with E-state index in [1.807, 2.05) is 6.07 Å². The van der Waals surface area contributed by atoms with Crippen molar-refractivity contribution in [2.45, 2.75) is 45.1 Å². The fourth-order valence-electron chi connectivity index (χ4n) is 2.91. The second-order valence-corrected chi connectivity index (χ2v) is 9.58. The van der Waals surface area contributed by atoms with Crippen LogP contribution in [0.3, 0.4) is 0 Å². The van der Waals surface area contributed by atoms with Crippen LogP contribution in [0.4, 0.5) is 0 Å². The SMILES string of the molecule is CCN(CC)S(=O)(=O)c1cccc(C(=O)N[C@H](C(=O)OCC(=O)N(C)CCC#N)C(C)C)c1. The summed E-state index contributed by atoms with van der Waals surface area (Å²) in [7, 11) is -2.26. The van der Waals surface area contributed by atoms with Crippen LogP contribution in [0.5, 0.6) is 0 Å². The van der Waals surface area contributed by atoms with Crippen LogP contribution in [0.25, 0.3) is 0 Å². The van der Waals surface area contributed by atoms with Gasteiger partial charge in [-0.3, -0.25) is 9.59 Å². The Hall–Kier alpha value is -2.97. The third kappa shape index (κ3) is 7.83. The molecule has 0 aromatic heterocycles. The predicted molar refractivity (Wildman–Crippen MR) is 121 cm³/mol. The molecule has 1 atom stereocenters. The van der Waals surface area contributed by atoms with Crippen LogP contribution in [0, 0.1) is 17.2 Å². The first-order valence-electron chi connectivity index (χ1n) is 10.7. The number of hydrogen-bond acceptors (Lipinski definition) is 7. The fourth-order valence-corrected chi connectivity index (χ4v) is 4.41. The number of ether oxygens (including phenoxy) is 1. The number of benzene rings is 1. The molecule has 1 N–H and O–H groups in total. The van der Waals surface area contributed by atoms with Crippen LogP contribution in [0.15, 0.2) is 29.2 Å². The molecule has 0 aliphatic rings. The van der Waals surface area contributed by atoms with E-state index in [1.54, 1.807) is 27.7 Å². The topological polar surface area (TPSA) is 137 Å². The summed E-state index contributed by atoms with van der Waals surface area (Å²) in [6, 6.07) is 6.47. The Labute approximate surface area is 195 Å². The third-order valence-electron chi connectivity index (χ3n) is 4.97. The van der Waals surface area contributed by atoms with Crippen LogP contribution in [0.1, 0.15) is 44.5 Å². The minimum Gasteiger partial charge on any atom is -0.454 e. The van der Waals surface area contributed by atoms with Gasteiger partial charge in [-0.2, -0.15) is 9.57 Å². The van der Waals surface area contributed by atoms with Gasteiger partial charge < -0.3 is 15.0 Å². The van der Waals surface area contributed by atoms with Gasteiger partial charge in [0.05, 0.1) is 17.4 Å². The quantitative estimate of drug-likeness (QED) is 0.446. The molecule has 0 unspecified atom stereocenters. The zero-order valence-corrected chi connectivity index (χ0v) is 20.5. The van der Waals surface area contributed by atoms with E-state index >= 15 is 0 Å².